The lowest BCUT2D eigenvalue weighted by Gasteiger charge is -2.25. The average molecular weight is 209 g/mol. The molecule has 1 heterocycles. The number of aromatic nitrogens is 3. The minimum atomic E-state index is 0.370. The molecule has 5 heteroatoms. The summed E-state index contributed by atoms with van der Waals surface area (Å²) in [5.74, 6) is 2.65. The second-order valence-corrected chi connectivity index (χ2v) is 4.55. The van der Waals surface area contributed by atoms with E-state index in [-0.39, 0.29) is 0 Å². The van der Waals surface area contributed by atoms with E-state index in [0.717, 1.165) is 18.4 Å². The predicted molar refractivity (Wildman–Crippen MR) is 60.4 cm³/mol. The Hall–Kier alpha value is -1.26. The van der Waals surface area contributed by atoms with Crippen molar-refractivity contribution in [3.05, 3.63) is 0 Å². The molecule has 1 aliphatic carbocycles. The minimum Gasteiger partial charge on any atom is -0.368 e. The average Bonchev–Trinajstić information content (AvgIpc) is 2.64. The summed E-state index contributed by atoms with van der Waals surface area (Å²) in [5.41, 5.74) is 5.44. The van der Waals surface area contributed by atoms with E-state index in [0.29, 0.717) is 11.9 Å². The predicted octanol–water partition coefficient (Wildman–Crippen LogP) is 1.63. The Morgan fingerprint density at radius 1 is 1.40 bits per heavy atom. The first-order chi connectivity index (χ1) is 7.24. The SMILES string of the molecule is CC1CCC(CNc2n[nH]c(N)n2)CC1. The molecule has 1 aromatic heterocycles. The molecule has 4 N–H and O–H groups in total. The molecule has 0 amide bonds. The van der Waals surface area contributed by atoms with Gasteiger partial charge in [0.2, 0.25) is 11.9 Å². The Bertz CT molecular complexity index is 301. The molecule has 0 unspecified atom stereocenters. The molecule has 84 valence electrons. The van der Waals surface area contributed by atoms with Crippen molar-refractivity contribution in [3.8, 4) is 0 Å². The summed E-state index contributed by atoms with van der Waals surface area (Å²) in [6.45, 7) is 3.30. The highest BCUT2D eigenvalue weighted by atomic mass is 15.3. The highest BCUT2D eigenvalue weighted by molar-refractivity contribution is 5.29. The summed E-state index contributed by atoms with van der Waals surface area (Å²) in [6.07, 6.45) is 5.33. The molecule has 0 aliphatic heterocycles. The second kappa shape index (κ2) is 4.51. The zero-order chi connectivity index (χ0) is 10.7. The molecule has 2 rings (SSSR count). The summed E-state index contributed by atoms with van der Waals surface area (Å²) >= 11 is 0. The largest absolute Gasteiger partial charge is 0.368 e. The fourth-order valence-corrected chi connectivity index (χ4v) is 2.12. The van der Waals surface area contributed by atoms with Crippen LogP contribution in [0.1, 0.15) is 32.6 Å². The molecular weight excluding hydrogens is 190 g/mol. The third-order valence-corrected chi connectivity index (χ3v) is 3.19. The highest BCUT2D eigenvalue weighted by Gasteiger charge is 2.18. The fourth-order valence-electron chi connectivity index (χ4n) is 2.12. The van der Waals surface area contributed by atoms with Gasteiger partial charge in [0.05, 0.1) is 0 Å². The van der Waals surface area contributed by atoms with Crippen molar-refractivity contribution in [2.24, 2.45) is 11.8 Å². The number of nitrogens with one attached hydrogen (secondary N) is 2. The molecule has 1 fully saturated rings. The first kappa shape index (κ1) is 10.3. The zero-order valence-electron chi connectivity index (χ0n) is 9.16. The van der Waals surface area contributed by atoms with Gasteiger partial charge in [-0.25, -0.2) is 5.10 Å². The maximum atomic E-state index is 5.44. The molecule has 0 bridgehead atoms. The van der Waals surface area contributed by atoms with E-state index in [9.17, 15) is 0 Å². The van der Waals surface area contributed by atoms with Gasteiger partial charge in [0.1, 0.15) is 0 Å². The van der Waals surface area contributed by atoms with Crippen molar-refractivity contribution >= 4 is 11.9 Å². The van der Waals surface area contributed by atoms with Gasteiger partial charge in [-0.05, 0) is 24.7 Å². The van der Waals surface area contributed by atoms with Gasteiger partial charge < -0.3 is 11.1 Å². The van der Waals surface area contributed by atoms with Crippen LogP contribution >= 0.6 is 0 Å². The van der Waals surface area contributed by atoms with Crippen LogP contribution < -0.4 is 11.1 Å². The maximum Gasteiger partial charge on any atom is 0.243 e. The summed E-state index contributed by atoms with van der Waals surface area (Å²) in [6, 6.07) is 0. The summed E-state index contributed by atoms with van der Waals surface area (Å²) < 4.78 is 0. The molecule has 0 spiro atoms. The zero-order valence-corrected chi connectivity index (χ0v) is 9.16. The van der Waals surface area contributed by atoms with Gasteiger partial charge in [0.15, 0.2) is 0 Å². The van der Waals surface area contributed by atoms with Crippen LogP contribution in [0.15, 0.2) is 0 Å². The molecule has 0 saturated heterocycles. The quantitative estimate of drug-likeness (QED) is 0.706. The van der Waals surface area contributed by atoms with Crippen LogP contribution in [0.3, 0.4) is 0 Å². The molecule has 0 atom stereocenters. The van der Waals surface area contributed by atoms with Crippen molar-refractivity contribution < 1.29 is 0 Å². The van der Waals surface area contributed by atoms with E-state index in [4.69, 9.17) is 5.73 Å². The van der Waals surface area contributed by atoms with Crippen LogP contribution in [0.4, 0.5) is 11.9 Å². The number of aromatic amines is 1. The van der Waals surface area contributed by atoms with E-state index in [1.165, 1.54) is 25.7 Å². The normalized spacial score (nSPS) is 26.5. The van der Waals surface area contributed by atoms with Crippen molar-refractivity contribution in [2.75, 3.05) is 17.6 Å². The van der Waals surface area contributed by atoms with Gasteiger partial charge in [-0.3, -0.25) is 0 Å². The van der Waals surface area contributed by atoms with Crippen molar-refractivity contribution in [1.29, 1.82) is 0 Å². The molecule has 1 aromatic rings. The highest BCUT2D eigenvalue weighted by Crippen LogP contribution is 2.28. The smallest absolute Gasteiger partial charge is 0.243 e. The lowest BCUT2D eigenvalue weighted by atomic mass is 9.83. The number of nitrogens with zero attached hydrogens (tertiary/aromatic N) is 2. The standard InChI is InChI=1S/C10H19N5/c1-7-2-4-8(5-3-7)6-12-10-13-9(11)14-15-10/h7-8H,2-6H2,1H3,(H4,11,12,13,14,15). The van der Waals surface area contributed by atoms with Gasteiger partial charge in [-0.1, -0.05) is 19.8 Å². The first-order valence-corrected chi connectivity index (χ1v) is 5.66. The minimum absolute atomic E-state index is 0.370. The number of nitrogen functional groups attached to an aromatic ring is 1. The van der Waals surface area contributed by atoms with Crippen LogP contribution in [0.25, 0.3) is 0 Å². The number of hydrogen-bond donors (Lipinski definition) is 3. The number of rotatable bonds is 3. The third-order valence-electron chi connectivity index (χ3n) is 3.19. The first-order valence-electron chi connectivity index (χ1n) is 5.66. The Morgan fingerprint density at radius 3 is 2.73 bits per heavy atom. The van der Waals surface area contributed by atoms with E-state index in [2.05, 4.69) is 27.4 Å². The number of anilines is 2. The van der Waals surface area contributed by atoms with E-state index in [1.807, 2.05) is 0 Å². The van der Waals surface area contributed by atoms with Crippen LogP contribution in [-0.4, -0.2) is 21.7 Å². The van der Waals surface area contributed by atoms with Crippen LogP contribution in [0.2, 0.25) is 0 Å². The third kappa shape index (κ3) is 2.84. The number of H-pyrrole nitrogens is 1. The maximum absolute atomic E-state index is 5.44. The van der Waals surface area contributed by atoms with Gasteiger partial charge >= 0.3 is 0 Å². The Balaban J connectivity index is 1.74. The Kier molecular flexibility index (Phi) is 3.08. The van der Waals surface area contributed by atoms with Gasteiger partial charge in [0, 0.05) is 6.54 Å². The summed E-state index contributed by atoms with van der Waals surface area (Å²) in [5, 5.41) is 9.78. The van der Waals surface area contributed by atoms with Crippen molar-refractivity contribution in [3.63, 3.8) is 0 Å². The van der Waals surface area contributed by atoms with Crippen molar-refractivity contribution in [2.45, 2.75) is 32.6 Å². The van der Waals surface area contributed by atoms with Crippen LogP contribution in [-0.2, 0) is 0 Å². The van der Waals surface area contributed by atoms with Crippen molar-refractivity contribution in [1.82, 2.24) is 15.2 Å². The van der Waals surface area contributed by atoms with Gasteiger partial charge in [-0.15, -0.1) is 5.10 Å². The molecule has 15 heavy (non-hydrogen) atoms. The summed E-state index contributed by atoms with van der Waals surface area (Å²) in [4.78, 5) is 4.01. The van der Waals surface area contributed by atoms with Gasteiger partial charge in [-0.2, -0.15) is 4.98 Å². The summed E-state index contributed by atoms with van der Waals surface area (Å²) in [7, 11) is 0. The molecule has 1 saturated carbocycles. The van der Waals surface area contributed by atoms with E-state index < -0.39 is 0 Å². The Morgan fingerprint density at radius 2 is 2.13 bits per heavy atom. The molecule has 0 radical (unpaired) electrons. The molecule has 0 aromatic carbocycles. The number of nitrogens with two attached hydrogens (primary N) is 1. The lowest BCUT2D eigenvalue weighted by Crippen LogP contribution is -2.20. The second-order valence-electron chi connectivity index (χ2n) is 4.55. The lowest BCUT2D eigenvalue weighted by molar-refractivity contribution is 0.300. The van der Waals surface area contributed by atoms with E-state index in [1.54, 1.807) is 0 Å². The number of hydrogen-bond acceptors (Lipinski definition) is 4. The van der Waals surface area contributed by atoms with E-state index >= 15 is 0 Å². The molecular formula is C10H19N5. The fraction of sp³-hybridized carbons (Fsp3) is 0.800. The topological polar surface area (TPSA) is 79.6 Å². The molecule has 1 aliphatic rings. The monoisotopic (exact) mass is 209 g/mol. The van der Waals surface area contributed by atoms with Crippen LogP contribution in [0.5, 0.6) is 0 Å². The van der Waals surface area contributed by atoms with Gasteiger partial charge in [0.25, 0.3) is 0 Å². The molecule has 5 nitrogen and oxygen atoms in total. The van der Waals surface area contributed by atoms with Crippen LogP contribution in [0, 0.1) is 11.8 Å². The Labute approximate surface area is 89.9 Å².